The van der Waals surface area contributed by atoms with Gasteiger partial charge in [0.1, 0.15) is 0 Å². The number of hydrogen-bond donors (Lipinski definition) is 2. The smallest absolute Gasteiger partial charge is 0.340 e. The Morgan fingerprint density at radius 2 is 1.95 bits per heavy atom. The Kier molecular flexibility index (Phi) is 4.38. The molecule has 0 saturated carbocycles. The molecule has 0 aliphatic heterocycles. The van der Waals surface area contributed by atoms with Crippen LogP contribution in [0.1, 0.15) is 21.5 Å². The minimum atomic E-state index is -0.463. The molecule has 21 heavy (non-hydrogen) atoms. The van der Waals surface area contributed by atoms with Crippen LogP contribution in [0.5, 0.6) is 0 Å². The number of nitrogens with two attached hydrogens (primary N) is 1. The minimum Gasteiger partial charge on any atom is -0.465 e. The van der Waals surface area contributed by atoms with E-state index in [1.165, 1.54) is 7.11 Å². The third kappa shape index (κ3) is 3.11. The molecule has 2 rings (SSSR count). The highest BCUT2D eigenvalue weighted by molar-refractivity contribution is 6.33. The number of methoxy groups -OCH3 is 1. The number of hydrogen-bond acceptors (Lipinski definition) is 4. The number of benzene rings is 2. The largest absolute Gasteiger partial charge is 0.465 e. The summed E-state index contributed by atoms with van der Waals surface area (Å²) in [5, 5.41) is 3.85. The van der Waals surface area contributed by atoms with Crippen molar-refractivity contribution in [3.05, 3.63) is 52.0 Å². The number of nitrogen functional groups attached to an aromatic ring is 1. The zero-order chi connectivity index (χ0) is 15.6. The second-order valence-electron chi connectivity index (χ2n) is 4.80. The number of carbonyl (C=O) groups excluding carboxylic acids is 1. The van der Waals surface area contributed by atoms with Gasteiger partial charge in [-0.2, -0.15) is 0 Å². The lowest BCUT2D eigenvalue weighted by Crippen LogP contribution is -2.08. The van der Waals surface area contributed by atoms with E-state index < -0.39 is 5.97 Å². The number of esters is 1. The molecule has 2 aromatic rings. The molecule has 110 valence electrons. The number of carbonyl (C=O) groups is 1. The molecule has 0 radical (unpaired) electrons. The molecule has 0 aromatic heterocycles. The summed E-state index contributed by atoms with van der Waals surface area (Å²) in [6, 6.07) is 9.18. The topological polar surface area (TPSA) is 64.3 Å². The van der Waals surface area contributed by atoms with Crippen LogP contribution in [0.2, 0.25) is 5.02 Å². The number of ether oxygens (including phenoxy) is 1. The summed E-state index contributed by atoms with van der Waals surface area (Å²) in [4.78, 5) is 11.8. The second-order valence-corrected chi connectivity index (χ2v) is 5.21. The SMILES string of the molecule is COC(=O)c1cc(Nc2c(C)cccc2Cl)cc(C)c1N. The van der Waals surface area contributed by atoms with Gasteiger partial charge in [-0.3, -0.25) is 0 Å². The van der Waals surface area contributed by atoms with Gasteiger partial charge in [0.2, 0.25) is 0 Å². The summed E-state index contributed by atoms with van der Waals surface area (Å²) in [6.07, 6.45) is 0. The van der Waals surface area contributed by atoms with Crippen LogP contribution in [0.25, 0.3) is 0 Å². The van der Waals surface area contributed by atoms with Gasteiger partial charge in [0.15, 0.2) is 0 Å². The first-order valence-corrected chi connectivity index (χ1v) is 6.82. The Morgan fingerprint density at radius 3 is 2.57 bits per heavy atom. The lowest BCUT2D eigenvalue weighted by molar-refractivity contribution is 0.0602. The van der Waals surface area contributed by atoms with Crippen LogP contribution < -0.4 is 11.1 Å². The highest BCUT2D eigenvalue weighted by Crippen LogP contribution is 2.31. The highest BCUT2D eigenvalue weighted by atomic mass is 35.5. The summed E-state index contributed by atoms with van der Waals surface area (Å²) in [6.45, 7) is 3.80. The summed E-state index contributed by atoms with van der Waals surface area (Å²) in [7, 11) is 1.33. The Balaban J connectivity index is 2.46. The average molecular weight is 305 g/mol. The van der Waals surface area contributed by atoms with E-state index in [9.17, 15) is 4.79 Å². The van der Waals surface area contributed by atoms with Crippen LogP contribution in [0.15, 0.2) is 30.3 Å². The third-order valence-electron chi connectivity index (χ3n) is 3.28. The Hall–Kier alpha value is -2.20. The van der Waals surface area contributed by atoms with Crippen molar-refractivity contribution in [2.24, 2.45) is 0 Å². The molecule has 2 aromatic carbocycles. The van der Waals surface area contributed by atoms with Crippen molar-refractivity contribution in [1.29, 1.82) is 0 Å². The van der Waals surface area contributed by atoms with E-state index >= 15 is 0 Å². The lowest BCUT2D eigenvalue weighted by atomic mass is 10.1. The second kappa shape index (κ2) is 6.06. The van der Waals surface area contributed by atoms with Crippen molar-refractivity contribution in [3.8, 4) is 0 Å². The normalized spacial score (nSPS) is 10.3. The van der Waals surface area contributed by atoms with E-state index in [0.29, 0.717) is 16.3 Å². The number of para-hydroxylation sites is 1. The van der Waals surface area contributed by atoms with Gasteiger partial charge in [-0.15, -0.1) is 0 Å². The monoisotopic (exact) mass is 304 g/mol. The molecule has 0 aliphatic carbocycles. The standard InChI is InChI=1S/C16H17ClN2O2/c1-9-5-4-6-13(17)15(9)19-11-7-10(2)14(18)12(8-11)16(20)21-3/h4-8,19H,18H2,1-3H3. The molecule has 4 nitrogen and oxygen atoms in total. The van der Waals surface area contributed by atoms with Gasteiger partial charge in [-0.05, 0) is 43.2 Å². The zero-order valence-corrected chi connectivity index (χ0v) is 12.9. The van der Waals surface area contributed by atoms with E-state index in [2.05, 4.69) is 5.32 Å². The fourth-order valence-electron chi connectivity index (χ4n) is 2.08. The van der Waals surface area contributed by atoms with Gasteiger partial charge < -0.3 is 15.8 Å². The molecular formula is C16H17ClN2O2. The van der Waals surface area contributed by atoms with Crippen molar-refractivity contribution in [3.63, 3.8) is 0 Å². The van der Waals surface area contributed by atoms with Crippen LogP contribution in [-0.4, -0.2) is 13.1 Å². The summed E-state index contributed by atoms with van der Waals surface area (Å²) in [5.41, 5.74) is 10.0. The Labute approximate surface area is 128 Å². The van der Waals surface area contributed by atoms with Crippen molar-refractivity contribution >= 4 is 34.6 Å². The molecule has 0 fully saturated rings. The van der Waals surface area contributed by atoms with E-state index in [1.807, 2.05) is 38.1 Å². The number of aryl methyl sites for hydroxylation is 2. The summed E-state index contributed by atoms with van der Waals surface area (Å²) < 4.78 is 4.75. The van der Waals surface area contributed by atoms with Crippen LogP contribution in [0.3, 0.4) is 0 Å². The molecule has 0 saturated heterocycles. The first-order valence-electron chi connectivity index (χ1n) is 6.44. The van der Waals surface area contributed by atoms with E-state index in [0.717, 1.165) is 22.5 Å². The van der Waals surface area contributed by atoms with Gasteiger partial charge in [0.05, 0.1) is 23.4 Å². The number of rotatable bonds is 3. The van der Waals surface area contributed by atoms with Gasteiger partial charge in [0.25, 0.3) is 0 Å². The first kappa shape index (κ1) is 15.2. The van der Waals surface area contributed by atoms with E-state index in [-0.39, 0.29) is 0 Å². The molecule has 0 amide bonds. The van der Waals surface area contributed by atoms with E-state index in [4.69, 9.17) is 22.1 Å². The van der Waals surface area contributed by atoms with Gasteiger partial charge in [-0.1, -0.05) is 23.7 Å². The molecule has 3 N–H and O–H groups in total. The fraction of sp³-hybridized carbons (Fsp3) is 0.188. The Bertz CT molecular complexity index is 679. The quantitative estimate of drug-likeness (QED) is 0.663. The first-order chi connectivity index (χ1) is 9.93. The van der Waals surface area contributed by atoms with Gasteiger partial charge in [-0.25, -0.2) is 4.79 Å². The molecule has 5 heteroatoms. The zero-order valence-electron chi connectivity index (χ0n) is 12.2. The van der Waals surface area contributed by atoms with Crippen LogP contribution in [0.4, 0.5) is 17.1 Å². The number of anilines is 3. The minimum absolute atomic E-state index is 0.338. The summed E-state index contributed by atoms with van der Waals surface area (Å²) >= 11 is 6.20. The maximum Gasteiger partial charge on any atom is 0.340 e. The van der Waals surface area contributed by atoms with Crippen molar-refractivity contribution < 1.29 is 9.53 Å². The van der Waals surface area contributed by atoms with Gasteiger partial charge in [0, 0.05) is 11.4 Å². The average Bonchev–Trinajstić information content (AvgIpc) is 2.45. The summed E-state index contributed by atoms with van der Waals surface area (Å²) in [5.74, 6) is -0.463. The molecule has 0 atom stereocenters. The van der Waals surface area contributed by atoms with Crippen LogP contribution in [0, 0.1) is 13.8 Å². The number of nitrogens with one attached hydrogen (secondary N) is 1. The molecular weight excluding hydrogens is 288 g/mol. The molecule has 0 aliphatic rings. The Morgan fingerprint density at radius 1 is 1.24 bits per heavy atom. The lowest BCUT2D eigenvalue weighted by Gasteiger charge is -2.14. The maximum absolute atomic E-state index is 11.8. The maximum atomic E-state index is 11.8. The molecule has 0 unspecified atom stereocenters. The number of halogens is 1. The molecule has 0 heterocycles. The van der Waals surface area contributed by atoms with Crippen molar-refractivity contribution in [2.75, 3.05) is 18.2 Å². The van der Waals surface area contributed by atoms with Crippen LogP contribution in [-0.2, 0) is 4.74 Å². The molecule has 0 bridgehead atoms. The molecule has 0 spiro atoms. The van der Waals surface area contributed by atoms with Gasteiger partial charge >= 0.3 is 5.97 Å². The van der Waals surface area contributed by atoms with Crippen LogP contribution >= 0.6 is 11.6 Å². The predicted molar refractivity (Wildman–Crippen MR) is 86.4 cm³/mol. The van der Waals surface area contributed by atoms with E-state index in [1.54, 1.807) is 6.07 Å². The predicted octanol–water partition coefficient (Wildman–Crippen LogP) is 4.07. The third-order valence-corrected chi connectivity index (χ3v) is 3.60. The van der Waals surface area contributed by atoms with Crippen molar-refractivity contribution in [1.82, 2.24) is 0 Å². The fourth-order valence-corrected chi connectivity index (χ4v) is 2.35. The highest BCUT2D eigenvalue weighted by Gasteiger charge is 2.14. The van der Waals surface area contributed by atoms with Crippen molar-refractivity contribution in [2.45, 2.75) is 13.8 Å².